The number of carbonyl (C=O) groups is 1. The number of piperidine rings is 1. The average Bonchev–Trinajstić information content (AvgIpc) is 3.37. The van der Waals surface area contributed by atoms with E-state index in [-0.39, 0.29) is 11.8 Å². The van der Waals surface area contributed by atoms with Crippen LogP contribution >= 0.6 is 11.5 Å². The maximum absolute atomic E-state index is 12.8. The van der Waals surface area contributed by atoms with Crippen molar-refractivity contribution < 1.29 is 14.1 Å². The second-order valence-electron chi connectivity index (χ2n) is 7.02. The van der Waals surface area contributed by atoms with Crippen LogP contribution in [0.1, 0.15) is 35.7 Å². The lowest BCUT2D eigenvalue weighted by atomic mass is 9.93. The first-order chi connectivity index (χ1) is 13.6. The Morgan fingerprint density at radius 1 is 1.36 bits per heavy atom. The number of amides is 1. The minimum atomic E-state index is 0.134. The van der Waals surface area contributed by atoms with Crippen molar-refractivity contribution in [1.29, 1.82) is 0 Å². The van der Waals surface area contributed by atoms with Crippen molar-refractivity contribution >= 4 is 17.4 Å². The van der Waals surface area contributed by atoms with Crippen molar-refractivity contribution in [3.05, 3.63) is 47.3 Å². The van der Waals surface area contributed by atoms with Crippen LogP contribution < -0.4 is 4.74 Å². The smallest absolute Gasteiger partial charge is 0.227 e. The average molecular weight is 398 g/mol. The molecular formula is C20H22N4O3S. The number of ether oxygens (including phenoxy) is 1. The summed E-state index contributed by atoms with van der Waals surface area (Å²) in [5.41, 5.74) is 2.72. The molecule has 2 aromatic heterocycles. The molecule has 0 radical (unpaired) electrons. The molecule has 3 heterocycles. The van der Waals surface area contributed by atoms with Crippen LogP contribution in [-0.2, 0) is 11.2 Å². The molecule has 8 heteroatoms. The van der Waals surface area contributed by atoms with Crippen LogP contribution in [0.25, 0.3) is 10.6 Å². The summed E-state index contributed by atoms with van der Waals surface area (Å²) in [4.78, 5) is 15.7. The quantitative estimate of drug-likeness (QED) is 0.655. The SMILES string of the molecule is COc1ccc(CC(=O)N2CCC[C@H](c3nnsc3-c3cc(C)no3)C2)cc1. The highest BCUT2D eigenvalue weighted by Gasteiger charge is 2.29. The van der Waals surface area contributed by atoms with Gasteiger partial charge in [-0.05, 0) is 49.0 Å². The molecule has 0 N–H and O–H groups in total. The molecule has 1 aliphatic heterocycles. The van der Waals surface area contributed by atoms with Gasteiger partial charge in [0.05, 0.1) is 24.9 Å². The topological polar surface area (TPSA) is 81.4 Å². The Morgan fingerprint density at radius 3 is 2.89 bits per heavy atom. The summed E-state index contributed by atoms with van der Waals surface area (Å²) in [5.74, 6) is 1.78. The van der Waals surface area contributed by atoms with Crippen LogP contribution in [0.5, 0.6) is 5.75 Å². The first-order valence-electron chi connectivity index (χ1n) is 9.30. The van der Waals surface area contributed by atoms with Crippen LogP contribution in [0.2, 0.25) is 0 Å². The highest BCUT2D eigenvalue weighted by Crippen LogP contribution is 2.35. The minimum absolute atomic E-state index is 0.134. The van der Waals surface area contributed by atoms with E-state index in [9.17, 15) is 4.79 Å². The van der Waals surface area contributed by atoms with E-state index in [2.05, 4.69) is 14.7 Å². The molecule has 0 spiro atoms. The highest BCUT2D eigenvalue weighted by molar-refractivity contribution is 7.09. The number of benzene rings is 1. The van der Waals surface area contributed by atoms with Gasteiger partial charge in [-0.2, -0.15) is 0 Å². The summed E-state index contributed by atoms with van der Waals surface area (Å²) in [6, 6.07) is 9.54. The molecule has 3 aromatic rings. The van der Waals surface area contributed by atoms with Crippen LogP contribution in [0, 0.1) is 6.92 Å². The number of hydrogen-bond acceptors (Lipinski definition) is 7. The molecule has 28 heavy (non-hydrogen) atoms. The lowest BCUT2D eigenvalue weighted by Gasteiger charge is -2.32. The van der Waals surface area contributed by atoms with Crippen molar-refractivity contribution in [3.8, 4) is 16.4 Å². The second-order valence-corrected chi connectivity index (χ2v) is 7.78. The van der Waals surface area contributed by atoms with Crippen molar-refractivity contribution in [3.63, 3.8) is 0 Å². The van der Waals surface area contributed by atoms with Crippen LogP contribution in [0.4, 0.5) is 0 Å². The Labute approximate surface area is 167 Å². The van der Waals surface area contributed by atoms with E-state index in [0.717, 1.165) is 47.0 Å². The van der Waals surface area contributed by atoms with Crippen molar-refractivity contribution in [1.82, 2.24) is 19.6 Å². The first-order valence-corrected chi connectivity index (χ1v) is 10.1. The summed E-state index contributed by atoms with van der Waals surface area (Å²) in [6.07, 6.45) is 2.32. The van der Waals surface area contributed by atoms with Gasteiger partial charge in [0, 0.05) is 25.1 Å². The Morgan fingerprint density at radius 2 is 2.18 bits per heavy atom. The Kier molecular flexibility index (Phi) is 5.38. The molecule has 0 bridgehead atoms. The third-order valence-electron chi connectivity index (χ3n) is 5.04. The summed E-state index contributed by atoms with van der Waals surface area (Å²) < 4.78 is 14.7. The molecule has 1 aliphatic rings. The van der Waals surface area contributed by atoms with Crippen LogP contribution in [0.3, 0.4) is 0 Å². The summed E-state index contributed by atoms with van der Waals surface area (Å²) in [6.45, 7) is 3.32. The van der Waals surface area contributed by atoms with E-state index in [1.807, 2.05) is 42.2 Å². The van der Waals surface area contributed by atoms with Gasteiger partial charge in [0.2, 0.25) is 5.91 Å². The summed E-state index contributed by atoms with van der Waals surface area (Å²) >= 11 is 1.32. The Bertz CT molecular complexity index is 951. The van der Waals surface area contributed by atoms with Gasteiger partial charge in [-0.15, -0.1) is 5.10 Å². The monoisotopic (exact) mass is 398 g/mol. The number of nitrogens with zero attached hydrogens (tertiary/aromatic N) is 4. The van der Waals surface area contributed by atoms with Crippen molar-refractivity contribution in [2.45, 2.75) is 32.1 Å². The van der Waals surface area contributed by atoms with Gasteiger partial charge < -0.3 is 14.2 Å². The third-order valence-corrected chi connectivity index (χ3v) is 5.80. The molecular weight excluding hydrogens is 376 g/mol. The van der Waals surface area contributed by atoms with E-state index in [4.69, 9.17) is 9.26 Å². The summed E-state index contributed by atoms with van der Waals surface area (Å²) in [5, 5.41) is 8.32. The molecule has 4 rings (SSSR count). The number of methoxy groups -OCH3 is 1. The number of hydrogen-bond donors (Lipinski definition) is 0. The van der Waals surface area contributed by atoms with E-state index in [1.54, 1.807) is 7.11 Å². The molecule has 1 aromatic carbocycles. The number of aromatic nitrogens is 3. The summed E-state index contributed by atoms with van der Waals surface area (Å²) in [7, 11) is 1.63. The molecule has 0 saturated carbocycles. The Balaban J connectivity index is 1.46. The predicted molar refractivity (Wildman–Crippen MR) is 105 cm³/mol. The lowest BCUT2D eigenvalue weighted by molar-refractivity contribution is -0.131. The highest BCUT2D eigenvalue weighted by atomic mass is 32.1. The van der Waals surface area contributed by atoms with E-state index in [0.29, 0.717) is 18.7 Å². The number of aryl methyl sites for hydroxylation is 1. The van der Waals surface area contributed by atoms with Crippen molar-refractivity contribution in [2.75, 3.05) is 20.2 Å². The lowest BCUT2D eigenvalue weighted by Crippen LogP contribution is -2.40. The van der Waals surface area contributed by atoms with Gasteiger partial charge in [0.1, 0.15) is 10.6 Å². The number of rotatable bonds is 5. The van der Waals surface area contributed by atoms with Gasteiger partial charge in [-0.25, -0.2) is 0 Å². The molecule has 7 nitrogen and oxygen atoms in total. The molecule has 1 fully saturated rings. The largest absolute Gasteiger partial charge is 0.497 e. The fourth-order valence-electron chi connectivity index (χ4n) is 3.56. The zero-order valence-corrected chi connectivity index (χ0v) is 16.7. The molecule has 0 aliphatic carbocycles. The van der Waals surface area contributed by atoms with Gasteiger partial charge in [0.15, 0.2) is 5.76 Å². The van der Waals surface area contributed by atoms with E-state index < -0.39 is 0 Å². The van der Waals surface area contributed by atoms with Crippen LogP contribution in [-0.4, -0.2) is 45.7 Å². The first kappa shape index (κ1) is 18.6. The van der Waals surface area contributed by atoms with E-state index >= 15 is 0 Å². The van der Waals surface area contributed by atoms with Gasteiger partial charge in [-0.1, -0.05) is 21.8 Å². The second kappa shape index (κ2) is 8.10. The molecule has 1 amide bonds. The third kappa shape index (κ3) is 3.91. The predicted octanol–water partition coefficient (Wildman–Crippen LogP) is 3.46. The molecule has 1 saturated heterocycles. The minimum Gasteiger partial charge on any atom is -0.497 e. The Hall–Kier alpha value is -2.74. The van der Waals surface area contributed by atoms with Gasteiger partial charge >= 0.3 is 0 Å². The molecule has 0 unspecified atom stereocenters. The normalized spacial score (nSPS) is 16.9. The van der Waals surface area contributed by atoms with Crippen molar-refractivity contribution in [2.24, 2.45) is 0 Å². The van der Waals surface area contributed by atoms with Gasteiger partial charge in [-0.3, -0.25) is 4.79 Å². The zero-order valence-electron chi connectivity index (χ0n) is 15.9. The standard InChI is InChI=1S/C20H22N4O3S/c1-13-10-17(27-22-13)20-19(21-23-28-20)15-4-3-9-24(12-15)18(25)11-14-5-7-16(26-2)8-6-14/h5-8,10,15H,3-4,9,11-12H2,1-2H3/t15-/m0/s1. The van der Waals surface area contributed by atoms with Crippen LogP contribution in [0.15, 0.2) is 34.9 Å². The maximum atomic E-state index is 12.8. The van der Waals surface area contributed by atoms with Gasteiger partial charge in [0.25, 0.3) is 0 Å². The maximum Gasteiger partial charge on any atom is 0.227 e. The number of likely N-dealkylation sites (tertiary alicyclic amines) is 1. The molecule has 1 atom stereocenters. The fraction of sp³-hybridized carbons (Fsp3) is 0.400. The zero-order chi connectivity index (χ0) is 19.5. The molecule has 146 valence electrons. The fourth-order valence-corrected chi connectivity index (χ4v) is 4.26. The number of carbonyl (C=O) groups excluding carboxylic acids is 1. The van der Waals surface area contributed by atoms with E-state index in [1.165, 1.54) is 11.5 Å².